The Morgan fingerprint density at radius 3 is 2.48 bits per heavy atom. The van der Waals surface area contributed by atoms with E-state index in [0.717, 1.165) is 18.5 Å². The number of nitrogens with one attached hydrogen (secondary N) is 1. The van der Waals surface area contributed by atoms with Gasteiger partial charge in [0.2, 0.25) is 0 Å². The molecule has 0 saturated heterocycles. The summed E-state index contributed by atoms with van der Waals surface area (Å²) >= 11 is 3.64. The Hall–Kier alpha value is -0.540. The van der Waals surface area contributed by atoms with Gasteiger partial charge < -0.3 is 10.2 Å². The van der Waals surface area contributed by atoms with E-state index in [2.05, 4.69) is 65.1 Å². The summed E-state index contributed by atoms with van der Waals surface area (Å²) in [5.41, 5.74) is 3.02. The molecule has 1 N–H and O–H groups in total. The van der Waals surface area contributed by atoms with Gasteiger partial charge in [-0.3, -0.25) is 0 Å². The summed E-state index contributed by atoms with van der Waals surface area (Å²) in [6, 6.07) is 7.58. The first kappa shape index (κ1) is 15.4. The van der Waals surface area contributed by atoms with Gasteiger partial charge in [-0.2, -0.15) is 0 Å². The van der Waals surface area contributed by atoms with Crippen LogP contribution in [0.25, 0.3) is 0 Å². The molecule has 0 spiro atoms. The fourth-order valence-corrected chi connectivity index (χ4v) is 3.15. The largest absolute Gasteiger partial charge is 0.368 e. The summed E-state index contributed by atoms with van der Waals surface area (Å²) in [7, 11) is 0. The highest BCUT2D eigenvalue weighted by Crippen LogP contribution is 2.39. The Morgan fingerprint density at radius 1 is 1.19 bits per heavy atom. The van der Waals surface area contributed by atoms with Crippen molar-refractivity contribution in [3.63, 3.8) is 0 Å². The van der Waals surface area contributed by atoms with Crippen molar-refractivity contribution in [1.29, 1.82) is 0 Å². The minimum Gasteiger partial charge on any atom is -0.368 e. The van der Waals surface area contributed by atoms with Crippen LogP contribution >= 0.6 is 15.9 Å². The average Bonchev–Trinajstić information content (AvgIpc) is 3.24. The van der Waals surface area contributed by atoms with Gasteiger partial charge in [0, 0.05) is 34.8 Å². The number of nitrogens with zero attached hydrogens (tertiary/aromatic N) is 1. The Bertz CT molecular complexity index is 498. The number of hydrogen-bond donors (Lipinski definition) is 1. The molecule has 1 aromatic carbocycles. The molecular weight excluding hydrogens is 324 g/mol. The predicted molar refractivity (Wildman–Crippen MR) is 93.8 cm³/mol. The minimum absolute atomic E-state index is 0.153. The van der Waals surface area contributed by atoms with E-state index in [-0.39, 0.29) is 5.54 Å². The van der Waals surface area contributed by atoms with Crippen LogP contribution in [0.2, 0.25) is 0 Å². The van der Waals surface area contributed by atoms with Crippen molar-refractivity contribution in [2.75, 3.05) is 11.4 Å². The number of halogens is 1. The van der Waals surface area contributed by atoms with Gasteiger partial charge >= 0.3 is 0 Å². The van der Waals surface area contributed by atoms with E-state index >= 15 is 0 Å². The van der Waals surface area contributed by atoms with Crippen LogP contribution in [0.15, 0.2) is 22.7 Å². The lowest BCUT2D eigenvalue weighted by Gasteiger charge is -2.29. The standard InChI is InChI=1S/C18H27BrN2/c1-18(2,3)20-11-14-10-15(19)6-9-17(14)21(16-7-8-16)12-13-4-5-13/h6,9-10,13,16,20H,4-5,7-8,11-12H2,1-3H3. The maximum atomic E-state index is 3.64. The molecule has 0 aliphatic heterocycles. The summed E-state index contributed by atoms with van der Waals surface area (Å²) in [6.45, 7) is 8.88. The van der Waals surface area contributed by atoms with Crippen molar-refractivity contribution in [3.8, 4) is 0 Å². The second kappa shape index (κ2) is 5.92. The van der Waals surface area contributed by atoms with Crippen LogP contribution in [-0.2, 0) is 6.54 Å². The van der Waals surface area contributed by atoms with E-state index in [9.17, 15) is 0 Å². The molecule has 21 heavy (non-hydrogen) atoms. The lowest BCUT2D eigenvalue weighted by molar-refractivity contribution is 0.424. The van der Waals surface area contributed by atoms with E-state index in [0.29, 0.717) is 0 Å². The van der Waals surface area contributed by atoms with E-state index in [1.165, 1.54) is 48.0 Å². The third-order valence-corrected chi connectivity index (χ3v) is 4.79. The molecule has 116 valence electrons. The first-order valence-corrected chi connectivity index (χ1v) is 9.02. The van der Waals surface area contributed by atoms with E-state index in [4.69, 9.17) is 0 Å². The zero-order chi connectivity index (χ0) is 15.0. The lowest BCUT2D eigenvalue weighted by Crippen LogP contribution is -2.36. The van der Waals surface area contributed by atoms with Crippen LogP contribution in [0.4, 0.5) is 5.69 Å². The molecule has 0 unspecified atom stereocenters. The Labute approximate surface area is 137 Å². The van der Waals surface area contributed by atoms with E-state index in [1.54, 1.807) is 0 Å². The molecule has 0 atom stereocenters. The third-order valence-electron chi connectivity index (χ3n) is 4.30. The van der Waals surface area contributed by atoms with Crippen LogP contribution in [0.1, 0.15) is 52.0 Å². The maximum Gasteiger partial charge on any atom is 0.0415 e. The van der Waals surface area contributed by atoms with Gasteiger partial charge in [0.05, 0.1) is 0 Å². The molecule has 2 saturated carbocycles. The van der Waals surface area contributed by atoms with Crippen molar-refractivity contribution in [3.05, 3.63) is 28.2 Å². The highest BCUT2D eigenvalue weighted by atomic mass is 79.9. The summed E-state index contributed by atoms with van der Waals surface area (Å²) in [4.78, 5) is 2.68. The van der Waals surface area contributed by atoms with Gasteiger partial charge in [-0.15, -0.1) is 0 Å². The van der Waals surface area contributed by atoms with Crippen LogP contribution < -0.4 is 10.2 Å². The predicted octanol–water partition coefficient (Wildman–Crippen LogP) is 4.72. The second-order valence-electron chi connectivity index (χ2n) is 7.70. The molecule has 2 fully saturated rings. The van der Waals surface area contributed by atoms with Gasteiger partial charge in [0.15, 0.2) is 0 Å². The summed E-state index contributed by atoms with van der Waals surface area (Å²) < 4.78 is 1.18. The van der Waals surface area contributed by atoms with Crippen LogP contribution in [0.3, 0.4) is 0 Å². The fraction of sp³-hybridized carbons (Fsp3) is 0.667. The Balaban J connectivity index is 1.81. The van der Waals surface area contributed by atoms with E-state index in [1.807, 2.05) is 0 Å². The first-order chi connectivity index (χ1) is 9.92. The minimum atomic E-state index is 0.153. The number of benzene rings is 1. The zero-order valence-corrected chi connectivity index (χ0v) is 15.0. The molecular formula is C18H27BrN2. The molecule has 0 aromatic heterocycles. The van der Waals surface area contributed by atoms with Gasteiger partial charge in [-0.05, 0) is 76.1 Å². The SMILES string of the molecule is CC(C)(C)NCc1cc(Br)ccc1N(CC1CC1)C1CC1. The van der Waals surface area contributed by atoms with Crippen molar-refractivity contribution >= 4 is 21.6 Å². The van der Waals surface area contributed by atoms with Crippen LogP contribution in [-0.4, -0.2) is 18.1 Å². The molecule has 3 heteroatoms. The lowest BCUT2D eigenvalue weighted by atomic mass is 10.1. The van der Waals surface area contributed by atoms with Gasteiger partial charge in [0.1, 0.15) is 0 Å². The topological polar surface area (TPSA) is 15.3 Å². The van der Waals surface area contributed by atoms with Crippen LogP contribution in [0.5, 0.6) is 0 Å². The second-order valence-corrected chi connectivity index (χ2v) is 8.62. The molecule has 0 radical (unpaired) electrons. The quantitative estimate of drug-likeness (QED) is 0.798. The molecule has 2 aliphatic rings. The molecule has 0 heterocycles. The normalized spacial score (nSPS) is 18.9. The molecule has 1 aromatic rings. The summed E-state index contributed by atoms with van der Waals surface area (Å²) in [5, 5.41) is 3.64. The average molecular weight is 351 g/mol. The maximum absolute atomic E-state index is 3.64. The highest BCUT2D eigenvalue weighted by molar-refractivity contribution is 9.10. The van der Waals surface area contributed by atoms with E-state index < -0.39 is 0 Å². The Kier molecular flexibility index (Phi) is 4.33. The van der Waals surface area contributed by atoms with Crippen molar-refractivity contribution in [2.24, 2.45) is 5.92 Å². The van der Waals surface area contributed by atoms with Crippen molar-refractivity contribution in [2.45, 2.75) is 64.6 Å². The molecule has 0 bridgehead atoms. The monoisotopic (exact) mass is 350 g/mol. The highest BCUT2D eigenvalue weighted by Gasteiger charge is 2.34. The Morgan fingerprint density at radius 2 is 1.90 bits per heavy atom. The first-order valence-electron chi connectivity index (χ1n) is 8.22. The summed E-state index contributed by atoms with van der Waals surface area (Å²) in [6.07, 6.45) is 5.59. The molecule has 2 nitrogen and oxygen atoms in total. The van der Waals surface area contributed by atoms with Gasteiger partial charge in [0.25, 0.3) is 0 Å². The van der Waals surface area contributed by atoms with Crippen molar-refractivity contribution in [1.82, 2.24) is 5.32 Å². The fourth-order valence-electron chi connectivity index (χ4n) is 2.75. The number of anilines is 1. The molecule has 0 amide bonds. The van der Waals surface area contributed by atoms with Gasteiger partial charge in [-0.1, -0.05) is 15.9 Å². The zero-order valence-electron chi connectivity index (χ0n) is 13.5. The van der Waals surface area contributed by atoms with Gasteiger partial charge in [-0.25, -0.2) is 0 Å². The molecule has 3 rings (SSSR count). The third kappa shape index (κ3) is 4.46. The summed E-state index contributed by atoms with van der Waals surface area (Å²) in [5.74, 6) is 0.942. The van der Waals surface area contributed by atoms with Crippen LogP contribution in [0, 0.1) is 5.92 Å². The number of hydrogen-bond acceptors (Lipinski definition) is 2. The molecule has 2 aliphatic carbocycles. The smallest absolute Gasteiger partial charge is 0.0415 e. The van der Waals surface area contributed by atoms with Crippen molar-refractivity contribution < 1.29 is 0 Å². The number of rotatable bonds is 6.